The molecule has 0 radical (unpaired) electrons. The van der Waals surface area contributed by atoms with Crippen LogP contribution in [0.3, 0.4) is 0 Å². The van der Waals surface area contributed by atoms with Crippen LogP contribution >= 0.6 is 0 Å². The standard InChI is InChI=1S/C17H25NO/c1-3-4-7-17-8-9-18(2)14(12-17)10-13-5-6-15(19)11-16(13)17/h5-6,11,14,19H,3-4,7-10,12H2,1-2H3/t14?,17-/m1/s1. The third-order valence-corrected chi connectivity index (χ3v) is 5.32. The molecule has 2 atom stereocenters. The summed E-state index contributed by atoms with van der Waals surface area (Å²) in [7, 11) is 2.26. The van der Waals surface area contributed by atoms with Crippen molar-refractivity contribution in [2.24, 2.45) is 0 Å². The lowest BCUT2D eigenvalue weighted by Crippen LogP contribution is -2.51. The lowest BCUT2D eigenvalue weighted by atomic mass is 9.62. The fourth-order valence-electron chi connectivity index (χ4n) is 4.12. The number of phenolic OH excluding ortho intramolecular Hbond substituents is 1. The topological polar surface area (TPSA) is 23.5 Å². The SMILES string of the molecule is CCCC[C@]12CCN(C)C(Cc3ccc(O)cc31)C2. The first kappa shape index (κ1) is 13.0. The van der Waals surface area contributed by atoms with Gasteiger partial charge >= 0.3 is 0 Å². The van der Waals surface area contributed by atoms with Crippen LogP contribution in [0, 0.1) is 0 Å². The van der Waals surface area contributed by atoms with E-state index in [0.29, 0.717) is 17.2 Å². The molecular weight excluding hydrogens is 234 g/mol. The number of piperidine rings is 1. The number of aromatic hydroxyl groups is 1. The van der Waals surface area contributed by atoms with Crippen LogP contribution in [0.2, 0.25) is 0 Å². The number of phenols is 1. The van der Waals surface area contributed by atoms with Gasteiger partial charge in [0.1, 0.15) is 5.75 Å². The Morgan fingerprint density at radius 2 is 2.26 bits per heavy atom. The Morgan fingerprint density at radius 1 is 1.42 bits per heavy atom. The fourth-order valence-corrected chi connectivity index (χ4v) is 4.12. The summed E-state index contributed by atoms with van der Waals surface area (Å²) in [5, 5.41) is 9.87. The molecule has 3 rings (SSSR count). The summed E-state index contributed by atoms with van der Waals surface area (Å²) in [5.74, 6) is 0.437. The van der Waals surface area contributed by atoms with E-state index in [9.17, 15) is 5.11 Å². The second-order valence-corrected chi connectivity index (χ2v) is 6.52. The van der Waals surface area contributed by atoms with Crippen molar-refractivity contribution in [1.29, 1.82) is 0 Å². The first-order valence-corrected chi connectivity index (χ1v) is 7.67. The van der Waals surface area contributed by atoms with Crippen LogP contribution in [0.1, 0.15) is 50.2 Å². The van der Waals surface area contributed by atoms with Crippen molar-refractivity contribution in [3.8, 4) is 5.75 Å². The number of likely N-dealkylation sites (N-methyl/N-ethyl adjacent to an activating group) is 1. The van der Waals surface area contributed by atoms with Gasteiger partial charge in [0.05, 0.1) is 0 Å². The first-order valence-electron chi connectivity index (χ1n) is 7.67. The van der Waals surface area contributed by atoms with Crippen molar-refractivity contribution in [2.45, 2.75) is 56.9 Å². The van der Waals surface area contributed by atoms with E-state index in [1.165, 1.54) is 49.8 Å². The van der Waals surface area contributed by atoms with Crippen LogP contribution in [0.5, 0.6) is 5.75 Å². The molecule has 0 saturated carbocycles. The molecule has 1 aromatic rings. The Hall–Kier alpha value is -1.02. The number of unbranched alkanes of at least 4 members (excludes halogenated alkanes) is 1. The molecule has 2 aliphatic rings. The van der Waals surface area contributed by atoms with Gasteiger partial charge in [-0.2, -0.15) is 0 Å². The second-order valence-electron chi connectivity index (χ2n) is 6.52. The summed E-state index contributed by atoms with van der Waals surface area (Å²) in [6, 6.07) is 6.75. The highest BCUT2D eigenvalue weighted by Crippen LogP contribution is 2.48. The minimum Gasteiger partial charge on any atom is -0.508 e. The zero-order valence-corrected chi connectivity index (χ0v) is 12.2. The van der Waals surface area contributed by atoms with Crippen molar-refractivity contribution in [1.82, 2.24) is 4.90 Å². The number of nitrogens with zero attached hydrogens (tertiary/aromatic N) is 1. The lowest BCUT2D eigenvalue weighted by molar-refractivity contribution is 0.0963. The van der Waals surface area contributed by atoms with E-state index in [4.69, 9.17) is 0 Å². The van der Waals surface area contributed by atoms with Gasteiger partial charge in [0.2, 0.25) is 0 Å². The predicted octanol–water partition coefficient (Wildman–Crippen LogP) is 3.47. The number of hydrogen-bond donors (Lipinski definition) is 1. The van der Waals surface area contributed by atoms with Gasteiger partial charge in [-0.15, -0.1) is 0 Å². The molecule has 1 N–H and O–H groups in total. The molecule has 104 valence electrons. The van der Waals surface area contributed by atoms with E-state index in [2.05, 4.69) is 24.9 Å². The normalized spacial score (nSPS) is 30.1. The maximum absolute atomic E-state index is 9.87. The average Bonchev–Trinajstić information content (AvgIpc) is 2.42. The summed E-state index contributed by atoms with van der Waals surface area (Å²) in [4.78, 5) is 2.53. The van der Waals surface area contributed by atoms with E-state index in [-0.39, 0.29) is 0 Å². The van der Waals surface area contributed by atoms with Crippen LogP contribution in [-0.2, 0) is 11.8 Å². The van der Waals surface area contributed by atoms with E-state index in [1.54, 1.807) is 0 Å². The maximum atomic E-state index is 9.87. The molecule has 19 heavy (non-hydrogen) atoms. The molecule has 2 bridgehead atoms. The summed E-state index contributed by atoms with van der Waals surface area (Å²) in [6.45, 7) is 3.47. The van der Waals surface area contributed by atoms with Crippen LogP contribution in [0.25, 0.3) is 0 Å². The molecule has 1 aromatic carbocycles. The summed E-state index contributed by atoms with van der Waals surface area (Å²) in [6.07, 6.45) is 7.52. The Morgan fingerprint density at radius 3 is 3.05 bits per heavy atom. The maximum Gasteiger partial charge on any atom is 0.115 e. The highest BCUT2D eigenvalue weighted by molar-refractivity contribution is 5.43. The predicted molar refractivity (Wildman–Crippen MR) is 78.7 cm³/mol. The molecule has 1 saturated heterocycles. The summed E-state index contributed by atoms with van der Waals surface area (Å²) in [5.41, 5.74) is 3.25. The number of hydrogen-bond acceptors (Lipinski definition) is 2. The third-order valence-electron chi connectivity index (χ3n) is 5.32. The summed E-state index contributed by atoms with van der Waals surface area (Å²) < 4.78 is 0. The molecule has 2 nitrogen and oxygen atoms in total. The van der Waals surface area contributed by atoms with E-state index in [0.717, 1.165) is 6.42 Å². The van der Waals surface area contributed by atoms with Crippen molar-refractivity contribution in [3.63, 3.8) is 0 Å². The zero-order valence-electron chi connectivity index (χ0n) is 12.2. The molecule has 0 spiro atoms. The molecule has 1 aliphatic carbocycles. The molecule has 1 fully saturated rings. The van der Waals surface area contributed by atoms with Crippen LogP contribution in [0.15, 0.2) is 18.2 Å². The molecule has 1 unspecified atom stereocenters. The molecule has 1 heterocycles. The second kappa shape index (κ2) is 4.82. The first-order chi connectivity index (χ1) is 9.14. The highest BCUT2D eigenvalue weighted by Gasteiger charge is 2.44. The third kappa shape index (κ3) is 2.16. The number of rotatable bonds is 3. The Bertz CT molecular complexity index is 466. The number of fused-ring (bicyclic) bond motifs is 4. The number of likely N-dealkylation sites (tertiary alicyclic amines) is 1. The molecule has 0 aromatic heterocycles. The Balaban J connectivity index is 2.03. The van der Waals surface area contributed by atoms with Crippen LogP contribution in [0.4, 0.5) is 0 Å². The Kier molecular flexibility index (Phi) is 3.30. The lowest BCUT2D eigenvalue weighted by Gasteiger charge is -2.50. The highest BCUT2D eigenvalue weighted by atomic mass is 16.3. The molecular formula is C17H25NO. The molecule has 1 aliphatic heterocycles. The monoisotopic (exact) mass is 259 g/mol. The summed E-state index contributed by atoms with van der Waals surface area (Å²) >= 11 is 0. The van der Waals surface area contributed by atoms with Crippen molar-refractivity contribution in [2.75, 3.05) is 13.6 Å². The minimum atomic E-state index is 0.333. The van der Waals surface area contributed by atoms with Crippen molar-refractivity contribution in [3.05, 3.63) is 29.3 Å². The van der Waals surface area contributed by atoms with Gasteiger partial charge in [-0.05, 0) is 68.0 Å². The largest absolute Gasteiger partial charge is 0.508 e. The van der Waals surface area contributed by atoms with Gasteiger partial charge in [-0.25, -0.2) is 0 Å². The van der Waals surface area contributed by atoms with E-state index < -0.39 is 0 Å². The van der Waals surface area contributed by atoms with Gasteiger partial charge in [0.15, 0.2) is 0 Å². The zero-order chi connectivity index (χ0) is 13.5. The van der Waals surface area contributed by atoms with Gasteiger partial charge in [0, 0.05) is 6.04 Å². The van der Waals surface area contributed by atoms with Gasteiger partial charge in [-0.1, -0.05) is 25.8 Å². The molecule has 2 heteroatoms. The molecule has 0 amide bonds. The smallest absolute Gasteiger partial charge is 0.115 e. The van der Waals surface area contributed by atoms with E-state index in [1.807, 2.05) is 12.1 Å². The van der Waals surface area contributed by atoms with E-state index >= 15 is 0 Å². The van der Waals surface area contributed by atoms with Crippen molar-refractivity contribution >= 4 is 0 Å². The van der Waals surface area contributed by atoms with Gasteiger partial charge in [0.25, 0.3) is 0 Å². The van der Waals surface area contributed by atoms with Crippen LogP contribution in [-0.4, -0.2) is 29.6 Å². The van der Waals surface area contributed by atoms with Crippen molar-refractivity contribution < 1.29 is 5.11 Å². The minimum absolute atomic E-state index is 0.333. The van der Waals surface area contributed by atoms with Crippen LogP contribution < -0.4 is 0 Å². The fraction of sp³-hybridized carbons (Fsp3) is 0.647. The average molecular weight is 259 g/mol. The Labute approximate surface area is 116 Å². The quantitative estimate of drug-likeness (QED) is 0.898. The van der Waals surface area contributed by atoms with Gasteiger partial charge < -0.3 is 10.0 Å². The number of benzene rings is 1. The van der Waals surface area contributed by atoms with Gasteiger partial charge in [-0.3, -0.25) is 0 Å².